The van der Waals surface area contributed by atoms with E-state index >= 15 is 0 Å². The molecule has 2 aliphatic rings. The smallest absolute Gasteiger partial charge is 0.436 e. The first-order chi connectivity index (χ1) is 17.1. The number of halogens is 1. The molecule has 0 atom stereocenters. The number of hydrogen-bond donors (Lipinski definition) is 1. The number of rotatable bonds is 6. The summed E-state index contributed by atoms with van der Waals surface area (Å²) < 4.78 is 5.81. The third kappa shape index (κ3) is 5.35. The second kappa shape index (κ2) is 10.3. The Balaban J connectivity index is 1.25. The van der Waals surface area contributed by atoms with Crippen molar-refractivity contribution in [1.29, 1.82) is 0 Å². The summed E-state index contributed by atoms with van der Waals surface area (Å²) in [5.41, 5.74) is 1.63. The number of nitrogens with one attached hydrogen (secondary N) is 1. The second-order valence-corrected chi connectivity index (χ2v) is 9.05. The molecule has 1 aliphatic heterocycles. The molecule has 7 nitrogen and oxygen atoms in total. The predicted molar refractivity (Wildman–Crippen MR) is 134 cm³/mol. The van der Waals surface area contributed by atoms with E-state index in [2.05, 4.69) is 10.5 Å². The molecule has 8 heteroatoms. The highest BCUT2D eigenvalue weighted by Gasteiger charge is 2.50. The van der Waals surface area contributed by atoms with E-state index < -0.39 is 11.8 Å². The Kier molecular flexibility index (Phi) is 6.77. The minimum absolute atomic E-state index is 0.448. The molecule has 1 aliphatic carbocycles. The van der Waals surface area contributed by atoms with Gasteiger partial charge in [-0.1, -0.05) is 53.5 Å². The van der Waals surface area contributed by atoms with Crippen LogP contribution in [0.25, 0.3) is 0 Å². The third-order valence-electron chi connectivity index (χ3n) is 6.13. The van der Waals surface area contributed by atoms with Gasteiger partial charge in [0.2, 0.25) is 11.6 Å². The van der Waals surface area contributed by atoms with Gasteiger partial charge in [-0.2, -0.15) is 0 Å². The van der Waals surface area contributed by atoms with Crippen LogP contribution in [0, 0.1) is 0 Å². The predicted octanol–water partition coefficient (Wildman–Crippen LogP) is 6.74. The molecule has 1 N–H and O–H groups in total. The highest BCUT2D eigenvalue weighted by atomic mass is 35.5. The summed E-state index contributed by atoms with van der Waals surface area (Å²) in [5, 5.41) is 9.20. The Morgan fingerprint density at radius 1 is 0.971 bits per heavy atom. The first kappa shape index (κ1) is 23.1. The fourth-order valence-electron chi connectivity index (χ4n) is 4.29. The number of anilines is 1. The Bertz CT molecular complexity index is 1180. The number of carbonyl (C=O) groups excluding carboxylic acids is 1. The zero-order chi connectivity index (χ0) is 24.1. The molecular formula is C27H26ClN3O4. The van der Waals surface area contributed by atoms with Gasteiger partial charge in [0.15, 0.2) is 0 Å². The molecule has 1 spiro atoms. The molecule has 1 saturated carbocycles. The van der Waals surface area contributed by atoms with Gasteiger partial charge in [-0.25, -0.2) is 4.79 Å². The molecule has 0 bridgehead atoms. The molecular weight excluding hydrogens is 466 g/mol. The van der Waals surface area contributed by atoms with Crippen LogP contribution in [0.15, 0.2) is 84.0 Å². The number of hydrogen-bond acceptors (Lipinski definition) is 6. The average molecular weight is 492 g/mol. The number of amidine groups is 1. The minimum atomic E-state index is -0.792. The average Bonchev–Trinajstić information content (AvgIpc) is 3.21. The van der Waals surface area contributed by atoms with Gasteiger partial charge in [-0.3, -0.25) is 5.32 Å². The summed E-state index contributed by atoms with van der Waals surface area (Å²) in [4.78, 5) is 24.6. The highest BCUT2D eigenvalue weighted by molar-refractivity contribution is 6.30. The van der Waals surface area contributed by atoms with Crippen LogP contribution in [-0.4, -0.2) is 22.7 Å². The first-order valence-electron chi connectivity index (χ1n) is 11.7. The molecule has 0 aromatic heterocycles. The van der Waals surface area contributed by atoms with Gasteiger partial charge >= 0.3 is 6.09 Å². The summed E-state index contributed by atoms with van der Waals surface area (Å²) in [6, 6.07) is 24.3. The van der Waals surface area contributed by atoms with Crippen LogP contribution in [0.3, 0.4) is 0 Å². The van der Waals surface area contributed by atoms with E-state index in [4.69, 9.17) is 26.0 Å². The Labute approximate surface area is 209 Å². The molecule has 1 heterocycles. The molecule has 0 saturated heterocycles. The number of nitrogens with zero attached hydrogens (tertiary/aromatic N) is 2. The van der Waals surface area contributed by atoms with E-state index in [1.807, 2.05) is 42.5 Å². The Morgan fingerprint density at radius 2 is 1.69 bits per heavy atom. The zero-order valence-corrected chi connectivity index (χ0v) is 19.9. The minimum Gasteiger partial charge on any atom is -0.489 e. The quantitative estimate of drug-likeness (QED) is 0.413. The van der Waals surface area contributed by atoms with Crippen LogP contribution in [0.4, 0.5) is 10.5 Å². The van der Waals surface area contributed by atoms with Crippen molar-refractivity contribution in [3.8, 4) is 5.75 Å². The van der Waals surface area contributed by atoms with E-state index in [1.165, 1.54) is 5.06 Å². The van der Waals surface area contributed by atoms with Crippen molar-refractivity contribution in [2.75, 3.05) is 5.32 Å². The molecule has 1 amide bonds. The third-order valence-corrected chi connectivity index (χ3v) is 6.38. The standard InChI is InChI=1S/C27H26ClN3O4/c28-22-11-9-21(10-12-22)25-30-35-27(17-5-2-6-18-27)31(25)34-26(32)29-23-13-15-24(16-14-23)33-19-20-7-3-1-4-8-20/h1,3-4,7-16H,2,5-6,17-19H2,(H,29,32). The van der Waals surface area contributed by atoms with E-state index in [0.717, 1.165) is 30.4 Å². The molecule has 0 unspecified atom stereocenters. The number of amides is 1. The van der Waals surface area contributed by atoms with Gasteiger partial charge in [0, 0.05) is 29.1 Å². The summed E-state index contributed by atoms with van der Waals surface area (Å²) in [5.74, 6) is 1.16. The monoisotopic (exact) mass is 491 g/mol. The lowest BCUT2D eigenvalue weighted by Gasteiger charge is -2.37. The lowest BCUT2D eigenvalue weighted by molar-refractivity contribution is -0.224. The molecule has 3 aromatic carbocycles. The van der Waals surface area contributed by atoms with Crippen LogP contribution in [0.1, 0.15) is 43.2 Å². The van der Waals surface area contributed by atoms with E-state index in [0.29, 0.717) is 41.7 Å². The van der Waals surface area contributed by atoms with Crippen molar-refractivity contribution in [3.05, 3.63) is 95.0 Å². The van der Waals surface area contributed by atoms with Crippen LogP contribution in [0.2, 0.25) is 5.02 Å². The SMILES string of the molecule is O=C(Nc1ccc(OCc2ccccc2)cc1)ON1C(c2ccc(Cl)cc2)=NOC12CCCCC2. The number of ether oxygens (including phenoxy) is 1. The fourth-order valence-corrected chi connectivity index (χ4v) is 4.41. The Hall–Kier alpha value is -3.71. The topological polar surface area (TPSA) is 72.4 Å². The van der Waals surface area contributed by atoms with Crippen molar-refractivity contribution in [2.24, 2.45) is 5.16 Å². The van der Waals surface area contributed by atoms with E-state index in [1.54, 1.807) is 36.4 Å². The van der Waals surface area contributed by atoms with Gasteiger partial charge in [0.1, 0.15) is 12.4 Å². The van der Waals surface area contributed by atoms with Gasteiger partial charge in [0.25, 0.3) is 0 Å². The molecule has 0 radical (unpaired) electrons. The summed E-state index contributed by atoms with van der Waals surface area (Å²) in [6.45, 7) is 0.472. The lowest BCUT2D eigenvalue weighted by Crippen LogP contribution is -2.51. The molecule has 3 aromatic rings. The number of benzene rings is 3. The van der Waals surface area contributed by atoms with Crippen LogP contribution in [-0.2, 0) is 16.3 Å². The van der Waals surface area contributed by atoms with Crippen molar-refractivity contribution in [1.82, 2.24) is 5.06 Å². The summed E-state index contributed by atoms with van der Waals surface area (Å²) in [7, 11) is 0. The molecule has 35 heavy (non-hydrogen) atoms. The van der Waals surface area contributed by atoms with Gasteiger partial charge in [-0.15, -0.1) is 5.06 Å². The molecule has 1 fully saturated rings. The highest BCUT2D eigenvalue weighted by Crippen LogP contribution is 2.40. The van der Waals surface area contributed by atoms with Crippen molar-refractivity contribution in [2.45, 2.75) is 44.4 Å². The van der Waals surface area contributed by atoms with Crippen molar-refractivity contribution < 1.29 is 19.2 Å². The maximum absolute atomic E-state index is 12.9. The summed E-state index contributed by atoms with van der Waals surface area (Å²) >= 11 is 6.04. The number of hydroxylamine groups is 2. The van der Waals surface area contributed by atoms with Gasteiger partial charge < -0.3 is 14.4 Å². The molecule has 5 rings (SSSR count). The normalized spacial score (nSPS) is 16.4. The molecule has 180 valence electrons. The zero-order valence-electron chi connectivity index (χ0n) is 19.2. The van der Waals surface area contributed by atoms with Crippen LogP contribution >= 0.6 is 11.6 Å². The second-order valence-electron chi connectivity index (χ2n) is 8.62. The maximum Gasteiger partial charge on any atom is 0.436 e. The van der Waals surface area contributed by atoms with Gasteiger partial charge in [-0.05, 0) is 66.9 Å². The number of carbonyl (C=O) groups is 1. The van der Waals surface area contributed by atoms with Crippen molar-refractivity contribution in [3.63, 3.8) is 0 Å². The van der Waals surface area contributed by atoms with E-state index in [9.17, 15) is 4.79 Å². The number of oxime groups is 1. The fraction of sp³-hybridized carbons (Fsp3) is 0.259. The lowest BCUT2D eigenvalue weighted by atomic mass is 9.91. The van der Waals surface area contributed by atoms with Crippen LogP contribution < -0.4 is 10.1 Å². The largest absolute Gasteiger partial charge is 0.489 e. The first-order valence-corrected chi connectivity index (χ1v) is 12.1. The van der Waals surface area contributed by atoms with Crippen LogP contribution in [0.5, 0.6) is 5.75 Å². The Morgan fingerprint density at radius 3 is 2.40 bits per heavy atom. The van der Waals surface area contributed by atoms with Crippen molar-refractivity contribution >= 4 is 29.2 Å². The van der Waals surface area contributed by atoms with E-state index in [-0.39, 0.29) is 0 Å². The maximum atomic E-state index is 12.9. The summed E-state index contributed by atoms with van der Waals surface area (Å²) in [6.07, 6.45) is 3.85. The van der Waals surface area contributed by atoms with Gasteiger partial charge in [0.05, 0.1) is 0 Å².